The molecule has 0 unspecified atom stereocenters. The van der Waals surface area contributed by atoms with E-state index in [2.05, 4.69) is 195 Å². The Balaban J connectivity index is 1.19. The summed E-state index contributed by atoms with van der Waals surface area (Å²) < 4.78 is 0. The summed E-state index contributed by atoms with van der Waals surface area (Å²) in [6.07, 6.45) is 0. The molecule has 1 aliphatic carbocycles. The molecule has 0 saturated heterocycles. The van der Waals surface area contributed by atoms with Crippen molar-refractivity contribution in [3.63, 3.8) is 0 Å². The van der Waals surface area contributed by atoms with E-state index >= 15 is 0 Å². The van der Waals surface area contributed by atoms with Crippen molar-refractivity contribution in [2.75, 3.05) is 4.90 Å². The molecule has 0 aromatic heterocycles. The van der Waals surface area contributed by atoms with Crippen LogP contribution in [0.1, 0.15) is 25.0 Å². The quantitative estimate of drug-likeness (QED) is 0.174. The van der Waals surface area contributed by atoms with Crippen molar-refractivity contribution in [3.05, 3.63) is 187 Å². The predicted molar refractivity (Wildman–Crippen MR) is 214 cm³/mol. The van der Waals surface area contributed by atoms with Gasteiger partial charge < -0.3 is 4.90 Å². The zero-order valence-corrected chi connectivity index (χ0v) is 28.2. The largest absolute Gasteiger partial charge is 0.310 e. The van der Waals surface area contributed by atoms with Crippen LogP contribution in [0, 0.1) is 0 Å². The monoisotopic (exact) mass is 637 g/mol. The topological polar surface area (TPSA) is 3.24 Å². The van der Waals surface area contributed by atoms with Crippen LogP contribution < -0.4 is 4.90 Å². The summed E-state index contributed by atoms with van der Waals surface area (Å²) in [6, 6.07) is 65.0. The van der Waals surface area contributed by atoms with E-state index in [9.17, 15) is 0 Å². The fourth-order valence-corrected chi connectivity index (χ4v) is 8.56. The summed E-state index contributed by atoms with van der Waals surface area (Å²) in [4.78, 5) is 2.47. The fraction of sp³-hybridized carbons (Fsp3) is 0.0612. The molecule has 0 spiro atoms. The molecule has 0 bridgehead atoms. The fourth-order valence-electron chi connectivity index (χ4n) is 8.56. The highest BCUT2D eigenvalue weighted by molar-refractivity contribution is 6.15. The van der Waals surface area contributed by atoms with E-state index in [1.165, 1.54) is 82.2 Å². The molecule has 0 amide bonds. The van der Waals surface area contributed by atoms with Crippen molar-refractivity contribution < 1.29 is 0 Å². The molecule has 0 atom stereocenters. The number of fused-ring (bicyclic) bond motifs is 9. The summed E-state index contributed by atoms with van der Waals surface area (Å²) in [6.45, 7) is 4.72. The molecule has 1 aliphatic rings. The Kier molecular flexibility index (Phi) is 6.29. The minimum atomic E-state index is -0.0972. The van der Waals surface area contributed by atoms with Gasteiger partial charge in [0.25, 0.3) is 0 Å². The Morgan fingerprint density at radius 1 is 0.360 bits per heavy atom. The van der Waals surface area contributed by atoms with E-state index < -0.39 is 0 Å². The average Bonchev–Trinajstić information content (AvgIpc) is 3.40. The number of hydrogen-bond donors (Lipinski definition) is 0. The van der Waals surface area contributed by atoms with E-state index in [0.29, 0.717) is 0 Å². The van der Waals surface area contributed by atoms with Crippen LogP contribution in [0.2, 0.25) is 0 Å². The molecular formula is C49H35N. The molecule has 10 rings (SSSR count). The molecule has 1 nitrogen and oxygen atoms in total. The van der Waals surface area contributed by atoms with Crippen molar-refractivity contribution in [1.29, 1.82) is 0 Å². The van der Waals surface area contributed by atoms with Crippen molar-refractivity contribution in [3.8, 4) is 22.3 Å². The van der Waals surface area contributed by atoms with Gasteiger partial charge in [0.15, 0.2) is 0 Å². The van der Waals surface area contributed by atoms with Crippen LogP contribution in [0.25, 0.3) is 65.3 Å². The molecule has 1 heteroatoms. The summed E-state index contributed by atoms with van der Waals surface area (Å²) >= 11 is 0. The van der Waals surface area contributed by atoms with Crippen LogP contribution in [0.5, 0.6) is 0 Å². The van der Waals surface area contributed by atoms with Gasteiger partial charge in [-0.05, 0) is 107 Å². The Morgan fingerprint density at radius 2 is 0.880 bits per heavy atom. The third kappa shape index (κ3) is 4.27. The molecule has 0 aliphatic heterocycles. The highest BCUT2D eigenvalue weighted by atomic mass is 15.1. The molecule has 9 aromatic carbocycles. The predicted octanol–water partition coefficient (Wildman–Crippen LogP) is 13.7. The Hall–Kier alpha value is -6.18. The number of nitrogens with zero attached hydrogens (tertiary/aromatic N) is 1. The first-order valence-corrected chi connectivity index (χ1v) is 17.5. The van der Waals surface area contributed by atoms with Gasteiger partial charge in [-0.15, -0.1) is 0 Å². The van der Waals surface area contributed by atoms with E-state index in [1.807, 2.05) is 0 Å². The van der Waals surface area contributed by atoms with Gasteiger partial charge in [0.2, 0.25) is 0 Å². The van der Waals surface area contributed by atoms with Gasteiger partial charge in [0, 0.05) is 22.2 Å². The Bertz CT molecular complexity index is 2790. The third-order valence-electron chi connectivity index (χ3n) is 11.0. The Morgan fingerprint density at radius 3 is 1.60 bits per heavy atom. The first-order chi connectivity index (χ1) is 24.6. The Labute approximate surface area is 292 Å². The van der Waals surface area contributed by atoms with Crippen LogP contribution >= 0.6 is 0 Å². The highest BCUT2D eigenvalue weighted by Gasteiger charge is 2.35. The molecule has 50 heavy (non-hydrogen) atoms. The van der Waals surface area contributed by atoms with Gasteiger partial charge in [-0.25, -0.2) is 0 Å². The van der Waals surface area contributed by atoms with Crippen molar-refractivity contribution in [1.82, 2.24) is 0 Å². The minimum Gasteiger partial charge on any atom is -0.310 e. The van der Waals surface area contributed by atoms with Gasteiger partial charge in [-0.1, -0.05) is 153 Å². The third-order valence-corrected chi connectivity index (χ3v) is 11.0. The molecule has 0 N–H and O–H groups in total. The summed E-state index contributed by atoms with van der Waals surface area (Å²) in [5, 5.41) is 10.1. The number of anilines is 3. The highest BCUT2D eigenvalue weighted by Crippen LogP contribution is 2.51. The first kappa shape index (κ1) is 28.8. The molecular weight excluding hydrogens is 603 g/mol. The maximum absolute atomic E-state index is 2.47. The van der Waals surface area contributed by atoms with Crippen LogP contribution in [0.3, 0.4) is 0 Å². The van der Waals surface area contributed by atoms with Crippen LogP contribution in [-0.4, -0.2) is 0 Å². The second-order valence-corrected chi connectivity index (χ2v) is 14.1. The molecule has 0 fully saturated rings. The molecule has 236 valence electrons. The van der Waals surface area contributed by atoms with E-state index in [0.717, 1.165) is 11.4 Å². The molecule has 0 radical (unpaired) electrons. The van der Waals surface area contributed by atoms with Gasteiger partial charge in [0.05, 0.1) is 5.69 Å². The van der Waals surface area contributed by atoms with E-state index in [1.54, 1.807) is 0 Å². The second kappa shape index (κ2) is 10.9. The SMILES string of the molecule is CC1(C)c2ccccc2-c2ccc(N(c3ccc(-c4cc5ccccc5c5ccccc45)cc3)c3cc4ccccc4c4ccccc34)cc21. The smallest absolute Gasteiger partial charge is 0.0546 e. The lowest BCUT2D eigenvalue weighted by Gasteiger charge is -2.29. The lowest BCUT2D eigenvalue weighted by molar-refractivity contribution is 0.660. The van der Waals surface area contributed by atoms with E-state index in [4.69, 9.17) is 0 Å². The van der Waals surface area contributed by atoms with Crippen LogP contribution in [0.4, 0.5) is 17.1 Å². The molecule has 9 aromatic rings. The summed E-state index contributed by atoms with van der Waals surface area (Å²) in [5.74, 6) is 0. The standard InChI is InChI=1S/C49H35N/c1-49(2)46-22-12-11-20-42(46)43-28-27-36(31-47(43)49)50(48-30-34-14-4-6-16-38(34)40-18-9-10-21-44(40)48)35-25-23-32(24-26-35)45-29-33-13-3-5-15-37(33)39-17-7-8-19-41(39)45/h3-31H,1-2H3. The van der Waals surface area contributed by atoms with Crippen LogP contribution in [0.15, 0.2) is 176 Å². The zero-order valence-electron chi connectivity index (χ0n) is 28.2. The average molecular weight is 638 g/mol. The van der Waals surface area contributed by atoms with Gasteiger partial charge in [0.1, 0.15) is 0 Å². The maximum atomic E-state index is 2.47. The van der Waals surface area contributed by atoms with E-state index in [-0.39, 0.29) is 5.41 Å². The minimum absolute atomic E-state index is 0.0972. The van der Waals surface area contributed by atoms with Gasteiger partial charge >= 0.3 is 0 Å². The summed E-state index contributed by atoms with van der Waals surface area (Å²) in [7, 11) is 0. The first-order valence-electron chi connectivity index (χ1n) is 17.5. The number of hydrogen-bond acceptors (Lipinski definition) is 1. The maximum Gasteiger partial charge on any atom is 0.0546 e. The van der Waals surface area contributed by atoms with Crippen molar-refractivity contribution >= 4 is 60.2 Å². The van der Waals surface area contributed by atoms with Crippen molar-refractivity contribution in [2.45, 2.75) is 19.3 Å². The lowest BCUT2D eigenvalue weighted by atomic mass is 9.82. The molecule has 0 saturated carbocycles. The zero-order chi connectivity index (χ0) is 33.4. The van der Waals surface area contributed by atoms with Crippen molar-refractivity contribution in [2.24, 2.45) is 0 Å². The van der Waals surface area contributed by atoms with Crippen LogP contribution in [-0.2, 0) is 5.41 Å². The second-order valence-electron chi connectivity index (χ2n) is 14.1. The number of benzene rings is 9. The van der Waals surface area contributed by atoms with Gasteiger partial charge in [-0.2, -0.15) is 0 Å². The lowest BCUT2D eigenvalue weighted by Crippen LogP contribution is -2.16. The number of rotatable bonds is 4. The normalized spacial score (nSPS) is 13.2. The summed E-state index contributed by atoms with van der Waals surface area (Å²) in [5.41, 5.74) is 11.3. The van der Waals surface area contributed by atoms with Gasteiger partial charge in [-0.3, -0.25) is 0 Å². The molecule has 0 heterocycles.